The molecular formula is C20H28N2O3. The van der Waals surface area contributed by atoms with E-state index < -0.39 is 11.1 Å². The fourth-order valence-corrected chi connectivity index (χ4v) is 3.66. The smallest absolute Gasteiger partial charge is 0.316 e. The molecule has 25 heavy (non-hydrogen) atoms. The van der Waals surface area contributed by atoms with Gasteiger partial charge >= 0.3 is 11.1 Å². The predicted molar refractivity (Wildman–Crippen MR) is 100 cm³/mol. The van der Waals surface area contributed by atoms with Gasteiger partial charge in [-0.25, -0.2) is 0 Å². The number of ether oxygens (including phenoxy) is 1. The molecule has 0 atom stereocenters. The molecule has 1 aromatic heterocycles. The van der Waals surface area contributed by atoms with Gasteiger partial charge in [-0.05, 0) is 36.3 Å². The van der Waals surface area contributed by atoms with Crippen LogP contribution in [0.4, 0.5) is 0 Å². The topological polar surface area (TPSA) is 53.2 Å². The van der Waals surface area contributed by atoms with Crippen molar-refractivity contribution in [3.63, 3.8) is 0 Å². The molecule has 0 spiro atoms. The standard InChI is InChI=1S/C20H28N2O3/c1-4-5-13-25-14-7-11-21-16-9-6-8-15-17(16)22(19(24)18(21)23)12-10-20(15,2)3/h6,8-9H,4-5,7,10-14H2,1-3H3. The first-order valence-electron chi connectivity index (χ1n) is 9.32. The normalized spacial score (nSPS) is 15.6. The van der Waals surface area contributed by atoms with Gasteiger partial charge in [0.05, 0.1) is 11.0 Å². The highest BCUT2D eigenvalue weighted by Crippen LogP contribution is 2.36. The summed E-state index contributed by atoms with van der Waals surface area (Å²) in [4.78, 5) is 25.2. The van der Waals surface area contributed by atoms with Crippen LogP contribution in [0.2, 0.25) is 0 Å². The summed E-state index contributed by atoms with van der Waals surface area (Å²) in [7, 11) is 0. The minimum absolute atomic E-state index is 0.0114. The molecule has 0 amide bonds. The Bertz CT molecular complexity index is 877. The van der Waals surface area contributed by atoms with Crippen molar-refractivity contribution in [3.8, 4) is 0 Å². The van der Waals surface area contributed by atoms with Gasteiger partial charge in [0.1, 0.15) is 0 Å². The molecule has 0 radical (unpaired) electrons. The van der Waals surface area contributed by atoms with Crippen LogP contribution >= 0.6 is 0 Å². The van der Waals surface area contributed by atoms with E-state index in [9.17, 15) is 9.59 Å². The number of para-hydroxylation sites is 1. The second-order valence-corrected chi connectivity index (χ2v) is 7.54. The molecule has 1 aromatic carbocycles. The van der Waals surface area contributed by atoms with Crippen LogP contribution in [0, 0.1) is 0 Å². The molecule has 0 aliphatic carbocycles. The maximum absolute atomic E-state index is 12.6. The van der Waals surface area contributed by atoms with Gasteiger partial charge in [0, 0.05) is 26.3 Å². The first-order valence-corrected chi connectivity index (χ1v) is 9.32. The average Bonchev–Trinajstić information content (AvgIpc) is 2.59. The van der Waals surface area contributed by atoms with Gasteiger partial charge in [0.2, 0.25) is 0 Å². The third-order valence-corrected chi connectivity index (χ3v) is 5.25. The van der Waals surface area contributed by atoms with Crippen LogP contribution in [0.3, 0.4) is 0 Å². The summed E-state index contributed by atoms with van der Waals surface area (Å²) < 4.78 is 8.91. The fourth-order valence-electron chi connectivity index (χ4n) is 3.66. The molecule has 0 fully saturated rings. The predicted octanol–water partition coefficient (Wildman–Crippen LogP) is 3.05. The van der Waals surface area contributed by atoms with E-state index in [-0.39, 0.29) is 5.41 Å². The minimum Gasteiger partial charge on any atom is -0.381 e. The lowest BCUT2D eigenvalue weighted by molar-refractivity contribution is 0.126. The molecule has 136 valence electrons. The number of hydrogen-bond acceptors (Lipinski definition) is 3. The van der Waals surface area contributed by atoms with E-state index in [1.165, 1.54) is 0 Å². The fraction of sp³-hybridized carbons (Fsp3) is 0.600. The Morgan fingerprint density at radius 1 is 1.12 bits per heavy atom. The van der Waals surface area contributed by atoms with Crippen molar-refractivity contribution in [3.05, 3.63) is 44.5 Å². The number of rotatable bonds is 7. The van der Waals surface area contributed by atoms with Gasteiger partial charge < -0.3 is 13.9 Å². The van der Waals surface area contributed by atoms with Crippen molar-refractivity contribution in [2.45, 2.75) is 65.0 Å². The Kier molecular flexibility index (Phi) is 5.13. The van der Waals surface area contributed by atoms with Crippen molar-refractivity contribution in [1.82, 2.24) is 9.13 Å². The zero-order valence-corrected chi connectivity index (χ0v) is 15.5. The maximum atomic E-state index is 12.6. The monoisotopic (exact) mass is 344 g/mol. The molecule has 1 aliphatic heterocycles. The lowest BCUT2D eigenvalue weighted by Gasteiger charge is -2.33. The van der Waals surface area contributed by atoms with E-state index in [0.717, 1.165) is 48.9 Å². The number of unbranched alkanes of at least 4 members (excludes halogenated alkanes) is 1. The summed E-state index contributed by atoms with van der Waals surface area (Å²) in [6.07, 6.45) is 3.77. The zero-order chi connectivity index (χ0) is 18.0. The summed E-state index contributed by atoms with van der Waals surface area (Å²) in [5.41, 5.74) is 2.14. The molecule has 5 nitrogen and oxygen atoms in total. The molecule has 0 saturated carbocycles. The second-order valence-electron chi connectivity index (χ2n) is 7.54. The number of aryl methyl sites for hydroxylation is 2. The minimum atomic E-state index is -0.419. The van der Waals surface area contributed by atoms with Gasteiger partial charge in [-0.3, -0.25) is 9.59 Å². The first-order chi connectivity index (χ1) is 12.0. The molecule has 3 rings (SSSR count). The molecule has 0 saturated heterocycles. The van der Waals surface area contributed by atoms with Crippen LogP contribution in [-0.2, 0) is 23.2 Å². The van der Waals surface area contributed by atoms with E-state index in [1.54, 1.807) is 9.13 Å². The summed E-state index contributed by atoms with van der Waals surface area (Å²) in [6, 6.07) is 6.03. The SMILES string of the molecule is CCCCOCCCn1c(=O)c(=O)n2c3c(cccc31)C(C)(C)CC2. The van der Waals surface area contributed by atoms with Gasteiger partial charge in [0.15, 0.2) is 0 Å². The zero-order valence-electron chi connectivity index (χ0n) is 15.5. The lowest BCUT2D eigenvalue weighted by Crippen LogP contribution is -2.44. The van der Waals surface area contributed by atoms with E-state index in [0.29, 0.717) is 19.7 Å². The Morgan fingerprint density at radius 2 is 1.88 bits per heavy atom. The van der Waals surface area contributed by atoms with Crippen molar-refractivity contribution in [2.75, 3.05) is 13.2 Å². The van der Waals surface area contributed by atoms with Crippen molar-refractivity contribution in [2.24, 2.45) is 0 Å². The first kappa shape index (κ1) is 17.9. The largest absolute Gasteiger partial charge is 0.381 e. The van der Waals surface area contributed by atoms with Crippen molar-refractivity contribution in [1.29, 1.82) is 0 Å². The van der Waals surface area contributed by atoms with Crippen LogP contribution < -0.4 is 11.1 Å². The highest BCUT2D eigenvalue weighted by atomic mass is 16.5. The van der Waals surface area contributed by atoms with Gasteiger partial charge in [0.25, 0.3) is 0 Å². The number of aromatic nitrogens is 2. The highest BCUT2D eigenvalue weighted by Gasteiger charge is 2.30. The molecule has 1 aliphatic rings. The van der Waals surface area contributed by atoms with Gasteiger partial charge in [-0.2, -0.15) is 0 Å². The Balaban J connectivity index is 1.98. The van der Waals surface area contributed by atoms with Crippen molar-refractivity contribution < 1.29 is 4.74 Å². The number of nitrogens with zero attached hydrogens (tertiary/aromatic N) is 2. The van der Waals surface area contributed by atoms with Crippen LogP contribution in [0.15, 0.2) is 27.8 Å². The number of benzene rings is 1. The third-order valence-electron chi connectivity index (χ3n) is 5.25. The van der Waals surface area contributed by atoms with Crippen LogP contribution in [0.25, 0.3) is 11.0 Å². The average molecular weight is 344 g/mol. The van der Waals surface area contributed by atoms with E-state index in [2.05, 4.69) is 26.8 Å². The number of hydrogen-bond donors (Lipinski definition) is 0. The molecule has 2 aromatic rings. The van der Waals surface area contributed by atoms with E-state index in [4.69, 9.17) is 4.74 Å². The Labute approximate surface area is 148 Å². The van der Waals surface area contributed by atoms with Crippen LogP contribution in [0.1, 0.15) is 52.0 Å². The summed E-state index contributed by atoms with van der Waals surface area (Å²) in [6.45, 7) is 9.03. The maximum Gasteiger partial charge on any atom is 0.316 e. The molecule has 0 unspecified atom stereocenters. The second kappa shape index (κ2) is 7.16. The summed E-state index contributed by atoms with van der Waals surface area (Å²) in [5.74, 6) is 0. The molecular weight excluding hydrogens is 316 g/mol. The van der Waals surface area contributed by atoms with Gasteiger partial charge in [-0.1, -0.05) is 39.3 Å². The quantitative estimate of drug-likeness (QED) is 0.573. The van der Waals surface area contributed by atoms with Gasteiger partial charge in [-0.15, -0.1) is 0 Å². The van der Waals surface area contributed by atoms with Crippen molar-refractivity contribution >= 4 is 11.0 Å². The van der Waals surface area contributed by atoms with Crippen LogP contribution in [-0.4, -0.2) is 22.3 Å². The molecule has 5 heteroatoms. The summed E-state index contributed by atoms with van der Waals surface area (Å²) >= 11 is 0. The third kappa shape index (κ3) is 3.30. The Morgan fingerprint density at radius 3 is 2.64 bits per heavy atom. The molecule has 0 N–H and O–H groups in total. The molecule has 2 heterocycles. The van der Waals surface area contributed by atoms with E-state index >= 15 is 0 Å². The van der Waals surface area contributed by atoms with Crippen LogP contribution in [0.5, 0.6) is 0 Å². The highest BCUT2D eigenvalue weighted by molar-refractivity contribution is 5.80. The molecule has 0 bridgehead atoms. The van der Waals surface area contributed by atoms with E-state index in [1.807, 2.05) is 12.1 Å². The summed E-state index contributed by atoms with van der Waals surface area (Å²) in [5, 5.41) is 0. The Hall–Kier alpha value is -1.88. The lowest BCUT2D eigenvalue weighted by atomic mass is 9.78.